The number of hydrogen-bond donors (Lipinski definition) is 1. The minimum Gasteiger partial charge on any atom is -0.466 e. The highest BCUT2D eigenvalue weighted by atomic mass is 16.6. The number of fused-ring (bicyclic) bond motifs is 3. The number of esters is 1. The Bertz CT molecular complexity index is 898. The topological polar surface area (TPSA) is 64.6 Å². The van der Waals surface area contributed by atoms with Gasteiger partial charge >= 0.3 is 12.1 Å². The number of nitrogens with one attached hydrogen (secondary N) is 1. The molecule has 0 heterocycles. The molecule has 1 N–H and O–H groups in total. The van der Waals surface area contributed by atoms with Crippen LogP contribution in [0.5, 0.6) is 0 Å². The Balaban J connectivity index is 1.62. The monoisotopic (exact) mass is 573 g/mol. The first-order valence-electron chi connectivity index (χ1n) is 17.2. The van der Waals surface area contributed by atoms with Crippen LogP contribution < -0.4 is 5.32 Å². The maximum atomic E-state index is 12.4. The van der Waals surface area contributed by atoms with Crippen molar-refractivity contribution in [2.75, 3.05) is 13.2 Å². The van der Waals surface area contributed by atoms with Crippen molar-refractivity contribution < 1.29 is 19.1 Å². The second-order valence-corrected chi connectivity index (χ2v) is 14.7. The first-order chi connectivity index (χ1) is 19.4. The maximum Gasteiger partial charge on any atom is 0.407 e. The average molecular weight is 574 g/mol. The van der Waals surface area contributed by atoms with Crippen LogP contribution in [0.15, 0.2) is 11.6 Å². The standard InChI is InChI=1S/C36H63NO4/c1-10-27(24(4)5)14-13-25(6)31(11-2)35(8)21-18-32-30(26(35)7)16-15-28-23-29(17-20-36(28,32)9)41-34(39)37-22-19-33(38)40-12-3/h15,24-27,29-32H,10-14,16-23H2,1-9H3,(H,37,39)/t25-,26+,27?,29+,30+,31-,32+,35+,36+/m1/s1. The summed E-state index contributed by atoms with van der Waals surface area (Å²) in [5.74, 6) is 5.09. The molecule has 0 aliphatic heterocycles. The Labute approximate surface area is 252 Å². The van der Waals surface area contributed by atoms with Gasteiger partial charge in [0.15, 0.2) is 0 Å². The van der Waals surface area contributed by atoms with Gasteiger partial charge in [-0.3, -0.25) is 4.79 Å². The van der Waals surface area contributed by atoms with E-state index >= 15 is 0 Å². The summed E-state index contributed by atoms with van der Waals surface area (Å²) >= 11 is 0. The van der Waals surface area contributed by atoms with Gasteiger partial charge in [0.2, 0.25) is 0 Å². The lowest BCUT2D eigenvalue weighted by molar-refractivity contribution is -0.142. The van der Waals surface area contributed by atoms with Crippen molar-refractivity contribution in [3.63, 3.8) is 0 Å². The summed E-state index contributed by atoms with van der Waals surface area (Å²) < 4.78 is 10.7. The van der Waals surface area contributed by atoms with Crippen molar-refractivity contribution in [3.05, 3.63) is 11.6 Å². The molecule has 5 heteroatoms. The third-order valence-electron chi connectivity index (χ3n) is 12.4. The molecular weight excluding hydrogens is 510 g/mol. The van der Waals surface area contributed by atoms with Crippen LogP contribution in [0.3, 0.4) is 0 Å². The zero-order chi connectivity index (χ0) is 30.4. The molecule has 3 aliphatic carbocycles. The summed E-state index contributed by atoms with van der Waals surface area (Å²) in [6, 6.07) is 0. The number of rotatable bonds is 13. The Morgan fingerprint density at radius 2 is 1.78 bits per heavy atom. The van der Waals surface area contributed by atoms with Crippen LogP contribution in [0.25, 0.3) is 0 Å². The maximum absolute atomic E-state index is 12.4. The van der Waals surface area contributed by atoms with Crippen molar-refractivity contribution in [3.8, 4) is 0 Å². The quantitative estimate of drug-likeness (QED) is 0.176. The second-order valence-electron chi connectivity index (χ2n) is 14.7. The van der Waals surface area contributed by atoms with Crippen molar-refractivity contribution in [2.24, 2.45) is 52.3 Å². The zero-order valence-corrected chi connectivity index (χ0v) is 28.0. The van der Waals surface area contributed by atoms with E-state index in [4.69, 9.17) is 9.47 Å². The van der Waals surface area contributed by atoms with Gasteiger partial charge in [-0.15, -0.1) is 0 Å². The molecule has 3 aliphatic rings. The smallest absolute Gasteiger partial charge is 0.407 e. The van der Waals surface area contributed by atoms with Gasteiger partial charge in [0.1, 0.15) is 6.10 Å². The molecule has 236 valence electrons. The number of ether oxygens (including phenoxy) is 2. The van der Waals surface area contributed by atoms with Gasteiger partial charge < -0.3 is 14.8 Å². The van der Waals surface area contributed by atoms with Gasteiger partial charge in [-0.2, -0.15) is 0 Å². The summed E-state index contributed by atoms with van der Waals surface area (Å²) in [4.78, 5) is 23.9. The number of amides is 1. The first-order valence-corrected chi connectivity index (χ1v) is 17.2. The van der Waals surface area contributed by atoms with E-state index in [9.17, 15) is 9.59 Å². The zero-order valence-electron chi connectivity index (χ0n) is 28.0. The molecule has 5 nitrogen and oxygen atoms in total. The van der Waals surface area contributed by atoms with Crippen molar-refractivity contribution >= 4 is 12.1 Å². The lowest BCUT2D eigenvalue weighted by Crippen LogP contribution is -2.52. The van der Waals surface area contributed by atoms with Crippen LogP contribution >= 0.6 is 0 Å². The molecule has 1 unspecified atom stereocenters. The summed E-state index contributed by atoms with van der Waals surface area (Å²) in [6.07, 6.45) is 14.2. The molecule has 0 bridgehead atoms. The molecular formula is C36H63NO4. The molecule has 0 aromatic carbocycles. The highest BCUT2D eigenvalue weighted by molar-refractivity contribution is 5.71. The highest BCUT2D eigenvalue weighted by Gasteiger charge is 2.55. The number of hydrogen-bond acceptors (Lipinski definition) is 4. The summed E-state index contributed by atoms with van der Waals surface area (Å²) in [5.41, 5.74) is 2.14. The van der Waals surface area contributed by atoms with Crippen molar-refractivity contribution in [1.82, 2.24) is 5.32 Å². The second kappa shape index (κ2) is 14.8. The van der Waals surface area contributed by atoms with E-state index in [1.165, 1.54) is 50.5 Å². The number of alkyl carbamates (subject to hydrolysis) is 1. The molecule has 2 fully saturated rings. The summed E-state index contributed by atoms with van der Waals surface area (Å²) in [6.45, 7) is 22.3. The van der Waals surface area contributed by atoms with Crippen LogP contribution in [-0.2, 0) is 14.3 Å². The number of carbonyl (C=O) groups is 2. The van der Waals surface area contributed by atoms with Gasteiger partial charge in [0.25, 0.3) is 0 Å². The van der Waals surface area contributed by atoms with Crippen molar-refractivity contribution in [2.45, 2.75) is 139 Å². The third kappa shape index (κ3) is 7.71. The van der Waals surface area contributed by atoms with Crippen LogP contribution in [0.4, 0.5) is 4.79 Å². The van der Waals surface area contributed by atoms with E-state index in [1.807, 2.05) is 0 Å². The predicted octanol–water partition coefficient (Wildman–Crippen LogP) is 9.35. The van der Waals surface area contributed by atoms with E-state index in [-0.39, 0.29) is 30.5 Å². The van der Waals surface area contributed by atoms with E-state index in [0.717, 1.165) is 60.7 Å². The molecule has 9 atom stereocenters. The predicted molar refractivity (Wildman–Crippen MR) is 168 cm³/mol. The lowest BCUT2D eigenvalue weighted by atomic mass is 9.45. The number of allylic oxidation sites excluding steroid dienone is 1. The van der Waals surface area contributed by atoms with E-state index in [0.29, 0.717) is 12.0 Å². The van der Waals surface area contributed by atoms with Crippen LogP contribution in [0, 0.1) is 52.3 Å². The highest BCUT2D eigenvalue weighted by Crippen LogP contribution is 2.63. The fraction of sp³-hybridized carbons (Fsp3) is 0.889. The van der Waals surface area contributed by atoms with Crippen LogP contribution in [0.2, 0.25) is 0 Å². The Morgan fingerprint density at radius 1 is 1.05 bits per heavy atom. The minimum atomic E-state index is -0.419. The summed E-state index contributed by atoms with van der Waals surface area (Å²) in [7, 11) is 0. The molecule has 0 radical (unpaired) electrons. The Morgan fingerprint density at radius 3 is 2.41 bits per heavy atom. The van der Waals surface area contributed by atoms with Gasteiger partial charge in [0, 0.05) is 13.0 Å². The molecule has 3 rings (SSSR count). The molecule has 2 saturated carbocycles. The van der Waals surface area contributed by atoms with E-state index in [2.05, 4.69) is 66.8 Å². The minimum absolute atomic E-state index is 0.0807. The van der Waals surface area contributed by atoms with Crippen LogP contribution in [0.1, 0.15) is 133 Å². The molecule has 0 aromatic rings. The Kier molecular flexibility index (Phi) is 12.2. The van der Waals surface area contributed by atoms with Crippen molar-refractivity contribution in [1.29, 1.82) is 0 Å². The molecule has 41 heavy (non-hydrogen) atoms. The lowest BCUT2D eigenvalue weighted by Gasteiger charge is -2.60. The largest absolute Gasteiger partial charge is 0.466 e. The molecule has 0 saturated heterocycles. The molecule has 1 amide bonds. The van der Waals surface area contributed by atoms with Gasteiger partial charge in [-0.1, -0.05) is 86.3 Å². The SMILES string of the molecule is CCOC(=O)CCNC(=O)O[C@H]1CC[C@@]2(C)C(=CC[C@H]3[C@H](C)[C@@](C)([C@H](CC)[C@H](C)CCC(CC)C(C)C)CC[C@@H]32)C1. The molecule has 0 aromatic heterocycles. The number of carbonyl (C=O) groups excluding carboxylic acids is 2. The summed E-state index contributed by atoms with van der Waals surface area (Å²) in [5, 5.41) is 2.73. The fourth-order valence-electron chi connectivity index (χ4n) is 9.65. The molecule has 0 spiro atoms. The fourth-order valence-corrected chi connectivity index (χ4v) is 9.65. The van der Waals surface area contributed by atoms with Gasteiger partial charge in [-0.05, 0) is 97.7 Å². The third-order valence-corrected chi connectivity index (χ3v) is 12.4. The van der Waals surface area contributed by atoms with Crippen LogP contribution in [-0.4, -0.2) is 31.3 Å². The van der Waals surface area contributed by atoms with Gasteiger partial charge in [0.05, 0.1) is 13.0 Å². The normalized spacial score (nSPS) is 33.6. The Hall–Kier alpha value is -1.52. The van der Waals surface area contributed by atoms with E-state index in [1.54, 1.807) is 6.92 Å². The average Bonchev–Trinajstić information content (AvgIpc) is 2.91. The van der Waals surface area contributed by atoms with Gasteiger partial charge in [-0.25, -0.2) is 4.79 Å². The first kappa shape index (κ1) is 34.0. The van der Waals surface area contributed by atoms with E-state index < -0.39 is 6.09 Å².